The molecule has 0 aromatic carbocycles. The highest BCUT2D eigenvalue weighted by molar-refractivity contribution is 7.97. The van der Waals surface area contributed by atoms with Gasteiger partial charge in [-0.15, -0.1) is 0 Å². The van der Waals surface area contributed by atoms with E-state index < -0.39 is 0 Å². The molecule has 0 atom stereocenters. The zero-order chi connectivity index (χ0) is 6.81. The fourth-order valence-electron chi connectivity index (χ4n) is 0.757. The zero-order valence-corrected chi connectivity index (χ0v) is 6.02. The maximum atomic E-state index is 5.07. The molecule has 1 aliphatic rings. The van der Waals surface area contributed by atoms with Crippen molar-refractivity contribution in [3.8, 4) is 0 Å². The number of nitrogens with one attached hydrogen (secondary N) is 1. The van der Waals surface area contributed by atoms with E-state index in [9.17, 15) is 0 Å². The summed E-state index contributed by atoms with van der Waals surface area (Å²) in [5.41, 5.74) is 0.912. The first-order valence-electron chi connectivity index (χ1n) is 2.96. The predicted octanol–water partition coefficient (Wildman–Crippen LogP) is 1.30. The Bertz CT molecular complexity index is 256. The minimum Gasteiger partial charge on any atom is -0.435 e. The molecule has 52 valence electrons. The van der Waals surface area contributed by atoms with Gasteiger partial charge in [0.1, 0.15) is 5.69 Å². The Balaban J connectivity index is 2.42. The van der Waals surface area contributed by atoms with Crippen LogP contribution >= 0.6 is 11.9 Å². The minimum atomic E-state index is 0.841. The summed E-state index contributed by atoms with van der Waals surface area (Å²) in [4.78, 5) is 4.00. The summed E-state index contributed by atoms with van der Waals surface area (Å²) in [6.45, 7) is 0.858. The Morgan fingerprint density at radius 1 is 1.70 bits per heavy atom. The maximum absolute atomic E-state index is 5.07. The third-order valence-corrected chi connectivity index (χ3v) is 2.00. The molecule has 0 unspecified atom stereocenters. The number of rotatable bonds is 0. The molecule has 0 saturated carbocycles. The van der Waals surface area contributed by atoms with Gasteiger partial charge in [0.15, 0.2) is 6.39 Å². The Morgan fingerprint density at radius 3 is 3.70 bits per heavy atom. The molecule has 0 radical (unpaired) electrons. The molecule has 10 heavy (non-hydrogen) atoms. The van der Waals surface area contributed by atoms with Gasteiger partial charge in [-0.05, 0) is 18.0 Å². The number of hydrogen-bond donors (Lipinski definition) is 1. The van der Waals surface area contributed by atoms with E-state index >= 15 is 0 Å². The van der Waals surface area contributed by atoms with E-state index in [0.29, 0.717) is 0 Å². The quantitative estimate of drug-likeness (QED) is 0.571. The van der Waals surface area contributed by atoms with Crippen molar-refractivity contribution < 1.29 is 4.42 Å². The van der Waals surface area contributed by atoms with Crippen LogP contribution in [-0.4, -0.2) is 11.5 Å². The summed E-state index contributed by atoms with van der Waals surface area (Å²) in [7, 11) is 0. The highest BCUT2D eigenvalue weighted by Gasteiger charge is 2.06. The zero-order valence-electron chi connectivity index (χ0n) is 5.20. The van der Waals surface area contributed by atoms with E-state index in [4.69, 9.17) is 4.42 Å². The summed E-state index contributed by atoms with van der Waals surface area (Å²) in [6, 6.07) is 0. The van der Waals surface area contributed by atoms with Crippen LogP contribution in [0, 0.1) is 0 Å². The van der Waals surface area contributed by atoms with Crippen LogP contribution in [-0.2, 0) is 0 Å². The third kappa shape index (κ3) is 0.955. The molecule has 0 spiro atoms. The molecule has 2 rings (SSSR count). The number of hydrogen-bond acceptors (Lipinski definition) is 4. The highest BCUT2D eigenvalue weighted by atomic mass is 32.2. The van der Waals surface area contributed by atoms with Crippen LogP contribution in [0.3, 0.4) is 0 Å². The summed E-state index contributed by atoms with van der Waals surface area (Å²) in [5.74, 6) is 0. The fourth-order valence-corrected chi connectivity index (χ4v) is 1.38. The van der Waals surface area contributed by atoms with Gasteiger partial charge < -0.3 is 4.42 Å². The number of oxazole rings is 1. The van der Waals surface area contributed by atoms with Gasteiger partial charge in [-0.25, -0.2) is 4.98 Å². The van der Waals surface area contributed by atoms with Gasteiger partial charge in [-0.3, -0.25) is 4.72 Å². The van der Waals surface area contributed by atoms with Gasteiger partial charge in [0.25, 0.3) is 0 Å². The lowest BCUT2D eigenvalue weighted by Crippen LogP contribution is -1.99. The van der Waals surface area contributed by atoms with Crippen molar-refractivity contribution in [1.29, 1.82) is 0 Å². The van der Waals surface area contributed by atoms with Gasteiger partial charge in [-0.2, -0.15) is 0 Å². The number of nitrogens with zero attached hydrogens (tertiary/aromatic N) is 1. The maximum Gasteiger partial charge on any atom is 0.202 e. The van der Waals surface area contributed by atoms with Gasteiger partial charge in [-0.1, -0.05) is 6.08 Å². The highest BCUT2D eigenvalue weighted by Crippen LogP contribution is 2.21. The average molecular weight is 154 g/mol. The molecular weight excluding hydrogens is 148 g/mol. The van der Waals surface area contributed by atoms with Crippen molar-refractivity contribution in [3.63, 3.8) is 0 Å². The lowest BCUT2D eigenvalue weighted by atomic mass is 10.4. The largest absolute Gasteiger partial charge is 0.435 e. The van der Waals surface area contributed by atoms with Gasteiger partial charge in [0, 0.05) is 6.54 Å². The molecule has 0 aliphatic carbocycles. The van der Waals surface area contributed by atoms with Crippen molar-refractivity contribution in [2.45, 2.75) is 5.09 Å². The van der Waals surface area contributed by atoms with Crippen LogP contribution in [0.25, 0.3) is 6.08 Å². The number of aromatic nitrogens is 1. The van der Waals surface area contributed by atoms with E-state index in [1.54, 1.807) is 0 Å². The van der Waals surface area contributed by atoms with Gasteiger partial charge in [0.05, 0.1) is 0 Å². The first-order valence-corrected chi connectivity index (χ1v) is 3.78. The summed E-state index contributed by atoms with van der Waals surface area (Å²) < 4.78 is 8.16. The molecule has 1 aliphatic heterocycles. The van der Waals surface area contributed by atoms with E-state index in [1.165, 1.54) is 18.3 Å². The monoisotopic (exact) mass is 154 g/mol. The standard InChI is InChI=1S/C6H6N2OS/c1-2-5-6(9-4-7-5)10-8-3-1/h1-2,4,8H,3H2. The van der Waals surface area contributed by atoms with E-state index in [-0.39, 0.29) is 0 Å². The van der Waals surface area contributed by atoms with Crippen LogP contribution in [0.15, 0.2) is 22.0 Å². The molecule has 3 nitrogen and oxygen atoms in total. The second-order valence-corrected chi connectivity index (χ2v) is 2.74. The van der Waals surface area contributed by atoms with Crippen molar-refractivity contribution in [1.82, 2.24) is 9.71 Å². The van der Waals surface area contributed by atoms with Crippen LogP contribution in [0.1, 0.15) is 5.69 Å². The molecule has 1 N–H and O–H groups in total. The normalized spacial score (nSPS) is 16.4. The predicted molar refractivity (Wildman–Crippen MR) is 39.4 cm³/mol. The van der Waals surface area contributed by atoms with E-state index in [2.05, 4.69) is 9.71 Å². The van der Waals surface area contributed by atoms with Crippen LogP contribution in [0.5, 0.6) is 0 Å². The summed E-state index contributed by atoms with van der Waals surface area (Å²) >= 11 is 1.47. The van der Waals surface area contributed by atoms with E-state index in [0.717, 1.165) is 17.3 Å². The third-order valence-electron chi connectivity index (χ3n) is 1.20. The van der Waals surface area contributed by atoms with Gasteiger partial charge >= 0.3 is 0 Å². The fraction of sp³-hybridized carbons (Fsp3) is 0.167. The second kappa shape index (κ2) is 2.48. The van der Waals surface area contributed by atoms with E-state index in [1.807, 2.05) is 12.2 Å². The first-order chi connectivity index (χ1) is 4.97. The summed E-state index contributed by atoms with van der Waals surface area (Å²) in [5, 5.41) is 0.841. The first kappa shape index (κ1) is 6.00. The van der Waals surface area contributed by atoms with Crippen LogP contribution < -0.4 is 4.72 Å². The molecule has 0 saturated heterocycles. The van der Waals surface area contributed by atoms with Crippen LogP contribution in [0.2, 0.25) is 0 Å². The summed E-state index contributed by atoms with van der Waals surface area (Å²) in [6.07, 6.45) is 5.42. The van der Waals surface area contributed by atoms with Crippen molar-refractivity contribution in [3.05, 3.63) is 18.2 Å². The molecule has 0 amide bonds. The van der Waals surface area contributed by atoms with Gasteiger partial charge in [0.2, 0.25) is 5.09 Å². The smallest absolute Gasteiger partial charge is 0.202 e. The molecule has 1 aromatic rings. The molecule has 1 aromatic heterocycles. The molecular formula is C6H6N2OS. The Hall–Kier alpha value is -0.740. The van der Waals surface area contributed by atoms with Crippen molar-refractivity contribution in [2.24, 2.45) is 0 Å². The lowest BCUT2D eigenvalue weighted by molar-refractivity contribution is 0.468. The Labute approximate surface area is 62.7 Å². The minimum absolute atomic E-state index is 0.841. The Kier molecular flexibility index (Phi) is 1.49. The molecule has 4 heteroatoms. The SMILES string of the molecule is C1=Cc2ncoc2SNC1. The van der Waals surface area contributed by atoms with Crippen molar-refractivity contribution >= 4 is 18.0 Å². The lowest BCUT2D eigenvalue weighted by Gasteiger charge is -1.91. The second-order valence-electron chi connectivity index (χ2n) is 1.88. The topological polar surface area (TPSA) is 38.1 Å². The molecule has 0 bridgehead atoms. The molecule has 0 fully saturated rings. The number of fused-ring (bicyclic) bond motifs is 1. The Morgan fingerprint density at radius 2 is 2.70 bits per heavy atom. The van der Waals surface area contributed by atoms with Crippen molar-refractivity contribution in [2.75, 3.05) is 6.54 Å². The average Bonchev–Trinajstić information content (AvgIpc) is 2.28. The molecule has 2 heterocycles. The van der Waals surface area contributed by atoms with Crippen LogP contribution in [0.4, 0.5) is 0 Å².